The maximum Gasteiger partial charge on any atom is 0.321 e. The second-order valence-electron chi connectivity index (χ2n) is 8.83. The van der Waals surface area contributed by atoms with Crippen LogP contribution in [0.5, 0.6) is 0 Å². The van der Waals surface area contributed by atoms with Crippen molar-refractivity contribution in [3.63, 3.8) is 0 Å². The fourth-order valence-electron chi connectivity index (χ4n) is 5.98. The molecule has 142 valence electrons. The Bertz CT molecular complexity index is 592. The minimum Gasteiger partial charge on any atom is -0.456 e. The standard InChI is InChI=1S/C20H28N2O4/c23-17(12-26-18(24)8-13-3-1-2-4-13)21-19(25)22-20-9-14-5-15(10-20)7-16(6-14)11-20/h1,3,13-16H,2,4-12H2,(H2,21,22,23,25)/t13-,14?,15?,16?,20?/m0/s1. The molecule has 6 nitrogen and oxygen atoms in total. The molecule has 0 saturated heterocycles. The Hall–Kier alpha value is -1.85. The van der Waals surface area contributed by atoms with E-state index in [1.807, 2.05) is 6.08 Å². The smallest absolute Gasteiger partial charge is 0.321 e. The van der Waals surface area contributed by atoms with Gasteiger partial charge in [-0.3, -0.25) is 14.9 Å². The van der Waals surface area contributed by atoms with E-state index < -0.39 is 24.5 Å². The van der Waals surface area contributed by atoms with E-state index in [4.69, 9.17) is 4.74 Å². The van der Waals surface area contributed by atoms with Gasteiger partial charge < -0.3 is 10.1 Å². The predicted octanol–water partition coefficient (Wildman–Crippen LogP) is 2.68. The summed E-state index contributed by atoms with van der Waals surface area (Å²) in [5, 5.41) is 5.41. The number of rotatable bonds is 5. The highest BCUT2D eigenvalue weighted by molar-refractivity contribution is 5.95. The maximum absolute atomic E-state index is 12.3. The molecule has 0 aromatic rings. The molecule has 4 fully saturated rings. The van der Waals surface area contributed by atoms with Crippen LogP contribution in [-0.2, 0) is 14.3 Å². The summed E-state index contributed by atoms with van der Waals surface area (Å²) in [4.78, 5) is 35.9. The zero-order valence-electron chi connectivity index (χ0n) is 15.2. The van der Waals surface area contributed by atoms with E-state index in [0.717, 1.165) is 49.9 Å². The van der Waals surface area contributed by atoms with Crippen molar-refractivity contribution in [3.05, 3.63) is 12.2 Å². The van der Waals surface area contributed by atoms with Crippen LogP contribution in [0, 0.1) is 23.7 Å². The van der Waals surface area contributed by atoms with Gasteiger partial charge in [-0.05, 0) is 75.0 Å². The lowest BCUT2D eigenvalue weighted by atomic mass is 9.53. The predicted molar refractivity (Wildman–Crippen MR) is 95.0 cm³/mol. The van der Waals surface area contributed by atoms with Gasteiger partial charge in [0.05, 0.1) is 6.42 Å². The van der Waals surface area contributed by atoms with E-state index in [0.29, 0.717) is 6.42 Å². The van der Waals surface area contributed by atoms with Crippen LogP contribution in [0.15, 0.2) is 12.2 Å². The molecule has 3 amide bonds. The fourth-order valence-corrected chi connectivity index (χ4v) is 5.98. The molecular weight excluding hydrogens is 332 g/mol. The zero-order chi connectivity index (χ0) is 18.1. The van der Waals surface area contributed by atoms with Gasteiger partial charge in [-0.15, -0.1) is 0 Å². The molecule has 4 bridgehead atoms. The zero-order valence-corrected chi connectivity index (χ0v) is 15.2. The molecule has 0 spiro atoms. The van der Waals surface area contributed by atoms with Crippen LogP contribution in [0.1, 0.15) is 57.8 Å². The summed E-state index contributed by atoms with van der Waals surface area (Å²) in [5.41, 5.74) is -0.134. The van der Waals surface area contributed by atoms with Crippen molar-refractivity contribution in [1.82, 2.24) is 10.6 Å². The Kier molecular flexibility index (Phi) is 4.76. The van der Waals surface area contributed by atoms with Crippen LogP contribution in [0.3, 0.4) is 0 Å². The molecule has 5 rings (SSSR count). The molecule has 26 heavy (non-hydrogen) atoms. The topological polar surface area (TPSA) is 84.5 Å². The molecule has 5 aliphatic carbocycles. The third-order valence-electron chi connectivity index (χ3n) is 6.58. The van der Waals surface area contributed by atoms with E-state index in [1.165, 1.54) is 19.3 Å². The molecule has 0 aliphatic heterocycles. The number of esters is 1. The lowest BCUT2D eigenvalue weighted by molar-refractivity contribution is -0.148. The highest BCUT2D eigenvalue weighted by Crippen LogP contribution is 2.55. The summed E-state index contributed by atoms with van der Waals surface area (Å²) in [6.45, 7) is -0.399. The Morgan fingerprint density at radius 2 is 1.69 bits per heavy atom. The highest BCUT2D eigenvalue weighted by atomic mass is 16.5. The summed E-state index contributed by atoms with van der Waals surface area (Å²) in [6, 6.07) is -0.452. The van der Waals surface area contributed by atoms with Gasteiger partial charge in [-0.1, -0.05) is 12.2 Å². The molecule has 0 heterocycles. The number of carbonyl (C=O) groups is 3. The molecule has 5 aliphatic rings. The Labute approximate surface area is 154 Å². The lowest BCUT2D eigenvalue weighted by Crippen LogP contribution is -2.62. The first-order valence-corrected chi connectivity index (χ1v) is 9.94. The van der Waals surface area contributed by atoms with Crippen LogP contribution in [0.25, 0.3) is 0 Å². The van der Waals surface area contributed by atoms with E-state index in [2.05, 4.69) is 16.7 Å². The third kappa shape index (κ3) is 3.94. The SMILES string of the molecule is O=C(COC(=O)C[C@H]1C=CCC1)NC(=O)NC12CC3CC(CC(C3)C1)C2. The molecule has 1 atom stereocenters. The minimum atomic E-state index is -0.567. The van der Waals surface area contributed by atoms with E-state index in [1.54, 1.807) is 0 Å². The van der Waals surface area contributed by atoms with Crippen LogP contribution >= 0.6 is 0 Å². The van der Waals surface area contributed by atoms with E-state index in [-0.39, 0.29) is 11.5 Å². The number of allylic oxidation sites excluding steroid dienone is 2. The number of ether oxygens (including phenoxy) is 1. The molecule has 0 unspecified atom stereocenters. The van der Waals surface area contributed by atoms with Gasteiger partial charge in [0, 0.05) is 5.54 Å². The highest BCUT2D eigenvalue weighted by Gasteiger charge is 2.51. The number of carbonyl (C=O) groups excluding carboxylic acids is 3. The lowest BCUT2D eigenvalue weighted by Gasteiger charge is -2.56. The van der Waals surface area contributed by atoms with Crippen molar-refractivity contribution in [2.45, 2.75) is 63.3 Å². The summed E-state index contributed by atoms with van der Waals surface area (Å²) in [7, 11) is 0. The summed E-state index contributed by atoms with van der Waals surface area (Å²) >= 11 is 0. The van der Waals surface area contributed by atoms with Crippen LogP contribution < -0.4 is 10.6 Å². The van der Waals surface area contributed by atoms with Crippen LogP contribution in [0.4, 0.5) is 4.79 Å². The van der Waals surface area contributed by atoms with Gasteiger partial charge >= 0.3 is 12.0 Å². The normalized spacial score (nSPS) is 36.8. The number of urea groups is 1. The van der Waals surface area contributed by atoms with E-state index in [9.17, 15) is 14.4 Å². The van der Waals surface area contributed by atoms with Gasteiger partial charge in [0.1, 0.15) is 0 Å². The average Bonchev–Trinajstić information content (AvgIpc) is 3.03. The van der Waals surface area contributed by atoms with Crippen molar-refractivity contribution in [1.29, 1.82) is 0 Å². The minimum absolute atomic E-state index is 0.134. The Balaban J connectivity index is 1.20. The molecule has 2 N–H and O–H groups in total. The summed E-state index contributed by atoms with van der Waals surface area (Å²) in [6.07, 6.45) is 13.3. The number of amides is 3. The van der Waals surface area contributed by atoms with Gasteiger partial charge in [-0.25, -0.2) is 4.79 Å². The molecule has 0 radical (unpaired) electrons. The fraction of sp³-hybridized carbons (Fsp3) is 0.750. The van der Waals surface area contributed by atoms with Crippen molar-refractivity contribution in [3.8, 4) is 0 Å². The maximum atomic E-state index is 12.3. The van der Waals surface area contributed by atoms with Gasteiger partial charge in [0.15, 0.2) is 6.61 Å². The number of nitrogens with one attached hydrogen (secondary N) is 2. The van der Waals surface area contributed by atoms with Gasteiger partial charge in [0.25, 0.3) is 5.91 Å². The Morgan fingerprint density at radius 1 is 1.04 bits per heavy atom. The molecular formula is C20H28N2O4. The van der Waals surface area contributed by atoms with E-state index >= 15 is 0 Å². The molecule has 6 heteroatoms. The second kappa shape index (κ2) is 7.05. The van der Waals surface area contributed by atoms with Crippen LogP contribution in [0.2, 0.25) is 0 Å². The molecule has 0 aromatic carbocycles. The third-order valence-corrected chi connectivity index (χ3v) is 6.58. The average molecular weight is 360 g/mol. The monoisotopic (exact) mass is 360 g/mol. The molecule has 4 saturated carbocycles. The number of hydrogen-bond acceptors (Lipinski definition) is 4. The molecule has 0 aromatic heterocycles. The summed E-state index contributed by atoms with van der Waals surface area (Å²) in [5.74, 6) is 1.43. The first kappa shape index (κ1) is 17.6. The van der Waals surface area contributed by atoms with Crippen molar-refractivity contribution < 1.29 is 19.1 Å². The summed E-state index contributed by atoms with van der Waals surface area (Å²) < 4.78 is 5.00. The van der Waals surface area contributed by atoms with Gasteiger partial charge in [-0.2, -0.15) is 0 Å². The Morgan fingerprint density at radius 3 is 2.27 bits per heavy atom. The van der Waals surface area contributed by atoms with Crippen molar-refractivity contribution in [2.75, 3.05) is 6.61 Å². The second-order valence-corrected chi connectivity index (χ2v) is 8.83. The van der Waals surface area contributed by atoms with Crippen LogP contribution in [-0.4, -0.2) is 30.1 Å². The quantitative estimate of drug-likeness (QED) is 0.583. The van der Waals surface area contributed by atoms with Crippen molar-refractivity contribution in [2.24, 2.45) is 23.7 Å². The number of hydrogen-bond donors (Lipinski definition) is 2. The van der Waals surface area contributed by atoms with Gasteiger partial charge in [0.2, 0.25) is 0 Å². The largest absolute Gasteiger partial charge is 0.456 e. The van der Waals surface area contributed by atoms with Crippen molar-refractivity contribution >= 4 is 17.9 Å². The first-order chi connectivity index (χ1) is 12.5. The first-order valence-electron chi connectivity index (χ1n) is 9.94. The number of imide groups is 1.